The largest absolute Gasteiger partial charge is 0.550 e. The number of fused-ring (bicyclic) bond motifs is 1. The molecule has 0 saturated heterocycles. The Kier molecular flexibility index (Phi) is 4.33. The lowest BCUT2D eigenvalue weighted by Crippen LogP contribution is -2.22. The summed E-state index contributed by atoms with van der Waals surface area (Å²) in [5.74, 6) is -2.11. The number of Topliss-reactive ketones (excluding diaryl/α,β-unsaturated/α-hetero) is 1. The number of para-hydroxylation sites is 2. The molecule has 2 aromatic rings. The second-order valence-corrected chi connectivity index (χ2v) is 4.77. The summed E-state index contributed by atoms with van der Waals surface area (Å²) in [6.07, 6.45) is 0.00509. The molecule has 1 aromatic heterocycles. The van der Waals surface area contributed by atoms with Crippen LogP contribution < -0.4 is 5.11 Å². The lowest BCUT2D eigenvalue weighted by molar-refractivity contribution is -0.305. The molecule has 6 heteroatoms. The van der Waals surface area contributed by atoms with Gasteiger partial charge >= 0.3 is 0 Å². The number of aromatic nitrogens is 2. The van der Waals surface area contributed by atoms with E-state index in [4.69, 9.17) is 0 Å². The number of carbonyl (C=O) groups excluding carboxylic acids is 2. The molecule has 1 atom stereocenters. The van der Waals surface area contributed by atoms with Crippen LogP contribution in [0.4, 0.5) is 0 Å². The van der Waals surface area contributed by atoms with Crippen molar-refractivity contribution in [3.05, 3.63) is 30.1 Å². The van der Waals surface area contributed by atoms with E-state index in [2.05, 4.69) is 4.98 Å². The topological polar surface area (TPSA) is 98.8 Å². The molecule has 0 spiro atoms. The molecular weight excluding hydrogens is 270 g/mol. The van der Waals surface area contributed by atoms with Crippen molar-refractivity contribution in [2.75, 3.05) is 0 Å². The molecule has 1 aromatic carbocycles. The molecule has 0 aliphatic carbocycles. The van der Waals surface area contributed by atoms with Crippen molar-refractivity contribution in [1.82, 2.24) is 9.55 Å². The predicted octanol–water partition coefficient (Wildman–Crippen LogP) is 0.670. The minimum Gasteiger partial charge on any atom is -0.550 e. The Morgan fingerprint density at radius 2 is 2.10 bits per heavy atom. The van der Waals surface area contributed by atoms with Gasteiger partial charge in [-0.1, -0.05) is 12.1 Å². The molecule has 2 rings (SSSR count). The van der Waals surface area contributed by atoms with Crippen LogP contribution in [0.15, 0.2) is 24.3 Å². The van der Waals surface area contributed by atoms with Gasteiger partial charge in [-0.25, -0.2) is 4.98 Å². The number of carboxylic acid groups (broad SMARTS) is 1. The fraction of sp³-hybridized carbons (Fsp3) is 0.333. The van der Waals surface area contributed by atoms with Crippen LogP contribution in [0.1, 0.15) is 31.0 Å². The number of aryl methyl sites for hydroxylation is 1. The second kappa shape index (κ2) is 6.18. The molecule has 0 saturated carbocycles. The van der Waals surface area contributed by atoms with E-state index in [0.717, 1.165) is 11.0 Å². The van der Waals surface area contributed by atoms with Gasteiger partial charge in [0.05, 0.1) is 17.1 Å². The molecule has 0 fully saturated rings. The van der Waals surface area contributed by atoms with Crippen molar-refractivity contribution in [2.24, 2.45) is 7.05 Å². The lowest BCUT2D eigenvalue weighted by atomic mass is 10.00. The smallest absolute Gasteiger partial charge is 0.162 e. The Bertz CT molecular complexity index is 727. The number of nitrogens with zero attached hydrogens (tertiary/aromatic N) is 3. The first-order valence-electron chi connectivity index (χ1n) is 6.58. The highest BCUT2D eigenvalue weighted by Crippen LogP contribution is 2.22. The van der Waals surface area contributed by atoms with Gasteiger partial charge in [-0.2, -0.15) is 5.26 Å². The van der Waals surface area contributed by atoms with E-state index in [0.29, 0.717) is 5.82 Å². The van der Waals surface area contributed by atoms with Crippen LogP contribution in [0.5, 0.6) is 0 Å². The summed E-state index contributed by atoms with van der Waals surface area (Å²) < 4.78 is 1.72. The van der Waals surface area contributed by atoms with Gasteiger partial charge in [0.15, 0.2) is 11.7 Å². The SMILES string of the molecule is Cn1c(C(C#N)C(=O)CCCC(=O)[O-])nc2ccccc21. The number of imidazole rings is 1. The number of rotatable bonds is 6. The summed E-state index contributed by atoms with van der Waals surface area (Å²) in [6.45, 7) is 0. The van der Waals surface area contributed by atoms with Crippen LogP contribution in [0.2, 0.25) is 0 Å². The normalized spacial score (nSPS) is 12.0. The number of aliphatic carboxylic acids is 1. The van der Waals surface area contributed by atoms with Crippen molar-refractivity contribution < 1.29 is 14.7 Å². The molecule has 0 radical (unpaired) electrons. The highest BCUT2D eigenvalue weighted by molar-refractivity contribution is 5.89. The van der Waals surface area contributed by atoms with Crippen LogP contribution in [0.25, 0.3) is 11.0 Å². The number of carbonyl (C=O) groups is 2. The van der Waals surface area contributed by atoms with Gasteiger partial charge in [0.25, 0.3) is 0 Å². The molecule has 6 nitrogen and oxygen atoms in total. The monoisotopic (exact) mass is 284 g/mol. The average molecular weight is 284 g/mol. The van der Waals surface area contributed by atoms with Gasteiger partial charge in [-0.15, -0.1) is 0 Å². The van der Waals surface area contributed by atoms with E-state index in [1.54, 1.807) is 11.6 Å². The zero-order valence-electron chi connectivity index (χ0n) is 11.6. The molecule has 0 amide bonds. The highest BCUT2D eigenvalue weighted by atomic mass is 16.4. The van der Waals surface area contributed by atoms with Crippen molar-refractivity contribution in [2.45, 2.75) is 25.2 Å². The zero-order chi connectivity index (χ0) is 15.4. The first-order valence-corrected chi connectivity index (χ1v) is 6.58. The van der Waals surface area contributed by atoms with Gasteiger partial charge < -0.3 is 14.5 Å². The number of hydrogen-bond donors (Lipinski definition) is 0. The summed E-state index contributed by atoms with van der Waals surface area (Å²) in [5.41, 5.74) is 1.56. The Labute approximate surface area is 121 Å². The first-order chi connectivity index (χ1) is 10.0. The van der Waals surface area contributed by atoms with E-state index in [1.807, 2.05) is 30.3 Å². The number of nitriles is 1. The maximum Gasteiger partial charge on any atom is 0.162 e. The van der Waals surface area contributed by atoms with E-state index < -0.39 is 11.9 Å². The van der Waals surface area contributed by atoms with Gasteiger partial charge in [-0.05, 0) is 25.0 Å². The van der Waals surface area contributed by atoms with E-state index in [1.165, 1.54) is 0 Å². The lowest BCUT2D eigenvalue weighted by Gasteiger charge is -2.08. The molecule has 0 bridgehead atoms. The summed E-state index contributed by atoms with van der Waals surface area (Å²) in [4.78, 5) is 26.8. The number of carboxylic acids is 1. The Morgan fingerprint density at radius 3 is 2.71 bits per heavy atom. The minimum absolute atomic E-state index is 0.0232. The van der Waals surface area contributed by atoms with Crippen molar-refractivity contribution in [3.8, 4) is 6.07 Å². The molecule has 1 heterocycles. The number of hydrogen-bond acceptors (Lipinski definition) is 5. The third-order valence-corrected chi connectivity index (χ3v) is 3.34. The minimum atomic E-state index is -1.20. The van der Waals surface area contributed by atoms with E-state index in [9.17, 15) is 20.0 Å². The van der Waals surface area contributed by atoms with Gasteiger partial charge in [0, 0.05) is 19.4 Å². The third kappa shape index (κ3) is 3.08. The van der Waals surface area contributed by atoms with Crippen LogP contribution in [0.3, 0.4) is 0 Å². The maximum atomic E-state index is 12.1. The molecule has 0 N–H and O–H groups in total. The molecule has 108 valence electrons. The third-order valence-electron chi connectivity index (χ3n) is 3.34. The number of benzene rings is 1. The van der Waals surface area contributed by atoms with E-state index in [-0.39, 0.29) is 25.0 Å². The van der Waals surface area contributed by atoms with E-state index >= 15 is 0 Å². The van der Waals surface area contributed by atoms with Gasteiger partial charge in [0.1, 0.15) is 5.82 Å². The summed E-state index contributed by atoms with van der Waals surface area (Å²) >= 11 is 0. The summed E-state index contributed by atoms with van der Waals surface area (Å²) in [5, 5.41) is 19.6. The zero-order valence-corrected chi connectivity index (χ0v) is 11.6. The Morgan fingerprint density at radius 1 is 1.38 bits per heavy atom. The van der Waals surface area contributed by atoms with Gasteiger partial charge in [0.2, 0.25) is 0 Å². The quantitative estimate of drug-likeness (QED) is 0.776. The van der Waals surface area contributed by atoms with Crippen LogP contribution in [-0.2, 0) is 16.6 Å². The summed E-state index contributed by atoms with van der Waals surface area (Å²) in [7, 11) is 1.75. The fourth-order valence-corrected chi connectivity index (χ4v) is 2.25. The second-order valence-electron chi connectivity index (χ2n) is 4.77. The number of ketones is 1. The Balaban J connectivity index is 2.23. The summed E-state index contributed by atoms with van der Waals surface area (Å²) in [6, 6.07) is 9.33. The van der Waals surface area contributed by atoms with Crippen LogP contribution in [-0.4, -0.2) is 21.3 Å². The van der Waals surface area contributed by atoms with Crippen molar-refractivity contribution in [3.63, 3.8) is 0 Å². The molecule has 1 unspecified atom stereocenters. The Hall–Kier alpha value is -2.68. The van der Waals surface area contributed by atoms with Crippen LogP contribution in [0, 0.1) is 11.3 Å². The standard InChI is InChI=1S/C15H15N3O3/c1-18-12-6-3-2-5-11(12)17-15(18)10(9-16)13(19)7-4-8-14(20)21/h2-3,5-6,10H,4,7-8H2,1H3,(H,20,21)/p-1. The maximum absolute atomic E-state index is 12.1. The predicted molar refractivity (Wildman–Crippen MR) is 72.9 cm³/mol. The first kappa shape index (κ1) is 14.7. The van der Waals surface area contributed by atoms with Crippen molar-refractivity contribution >= 4 is 22.8 Å². The fourth-order valence-electron chi connectivity index (χ4n) is 2.25. The highest BCUT2D eigenvalue weighted by Gasteiger charge is 2.25. The average Bonchev–Trinajstić information content (AvgIpc) is 2.77. The van der Waals surface area contributed by atoms with Gasteiger partial charge in [-0.3, -0.25) is 4.79 Å². The molecule has 0 aliphatic rings. The van der Waals surface area contributed by atoms with Crippen molar-refractivity contribution in [1.29, 1.82) is 5.26 Å². The molecule has 21 heavy (non-hydrogen) atoms. The molecule has 0 aliphatic heterocycles. The van der Waals surface area contributed by atoms with Crippen LogP contribution >= 0.6 is 0 Å². The molecular formula is C15H14N3O3-.